The molecule has 0 aliphatic carbocycles. The van der Waals surface area contributed by atoms with Gasteiger partial charge in [-0.1, -0.05) is 60.1 Å². The number of alkyl halides is 3. The van der Waals surface area contributed by atoms with E-state index in [1.165, 1.54) is 6.07 Å². The molecular weight excluding hydrogens is 545 g/mol. The van der Waals surface area contributed by atoms with Crippen molar-refractivity contribution < 1.29 is 22.7 Å². The first kappa shape index (κ1) is 26.4. The molecule has 1 spiro atoms. The number of rotatable bonds is 4. The van der Waals surface area contributed by atoms with Crippen LogP contribution >= 0.6 is 23.5 Å². The second-order valence-electron chi connectivity index (χ2n) is 10.6. The van der Waals surface area contributed by atoms with Gasteiger partial charge in [-0.25, -0.2) is 4.40 Å². The van der Waals surface area contributed by atoms with E-state index in [1.807, 2.05) is 48.5 Å². The molecule has 1 unspecified atom stereocenters. The summed E-state index contributed by atoms with van der Waals surface area (Å²) in [6.07, 6.45) is -4.47. The molecule has 0 saturated carbocycles. The molecule has 39 heavy (non-hydrogen) atoms. The molecule has 202 valence electrons. The molecule has 3 heterocycles. The van der Waals surface area contributed by atoms with Gasteiger partial charge in [-0.05, 0) is 76.9 Å². The van der Waals surface area contributed by atoms with Crippen LogP contribution in [0, 0.1) is 13.8 Å². The van der Waals surface area contributed by atoms with Crippen LogP contribution in [0.5, 0.6) is 0 Å². The predicted octanol–water partition coefficient (Wildman–Crippen LogP) is 7.07. The molecule has 0 aromatic heterocycles. The zero-order chi connectivity index (χ0) is 27.6. The van der Waals surface area contributed by atoms with Crippen LogP contribution in [0.4, 0.5) is 13.2 Å². The van der Waals surface area contributed by atoms with Gasteiger partial charge in [0.1, 0.15) is 5.60 Å². The first-order valence-electron chi connectivity index (χ1n) is 12.7. The van der Waals surface area contributed by atoms with Gasteiger partial charge in [0.25, 0.3) is 0 Å². The van der Waals surface area contributed by atoms with E-state index >= 15 is 0 Å². The van der Waals surface area contributed by atoms with Gasteiger partial charge in [0.05, 0.1) is 31.8 Å². The van der Waals surface area contributed by atoms with E-state index in [0.717, 1.165) is 22.3 Å². The Hall–Kier alpha value is -2.81. The lowest BCUT2D eigenvalue weighted by Gasteiger charge is -2.47. The van der Waals surface area contributed by atoms with Crippen LogP contribution in [0.3, 0.4) is 0 Å². The van der Waals surface area contributed by atoms with E-state index in [1.54, 1.807) is 24.8 Å². The van der Waals surface area contributed by atoms with Crippen LogP contribution in [0.15, 0.2) is 65.1 Å². The summed E-state index contributed by atoms with van der Waals surface area (Å²) in [6.45, 7) is 4.84. The van der Waals surface area contributed by atoms with Gasteiger partial charge in [-0.2, -0.15) is 13.2 Å². The third kappa shape index (κ3) is 4.37. The first-order chi connectivity index (χ1) is 18.5. The Morgan fingerprint density at radius 2 is 1.85 bits per heavy atom. The van der Waals surface area contributed by atoms with Crippen molar-refractivity contribution in [1.82, 2.24) is 4.90 Å². The lowest BCUT2D eigenvalue weighted by Crippen LogP contribution is -2.61. The van der Waals surface area contributed by atoms with Crippen LogP contribution in [-0.4, -0.2) is 35.8 Å². The average Bonchev–Trinajstić information content (AvgIpc) is 3.50. The summed E-state index contributed by atoms with van der Waals surface area (Å²) < 4.78 is 52.0. The molecule has 3 aliphatic rings. The number of nitrogens with zero attached hydrogens (tertiary/aromatic N) is 2. The fourth-order valence-corrected chi connectivity index (χ4v) is 6.86. The normalized spacial score (nSPS) is 21.6. The second kappa shape index (κ2) is 9.39. The number of likely N-dealkylation sites (tertiary alicyclic amines) is 1. The minimum Gasteiger partial charge on any atom is -0.362 e. The van der Waals surface area contributed by atoms with Crippen molar-refractivity contribution in [3.8, 4) is 0 Å². The molecule has 0 radical (unpaired) electrons. The number of aryl methyl sites for hydroxylation is 1. The highest BCUT2D eigenvalue weighted by Gasteiger charge is 2.60. The second-order valence-corrected chi connectivity index (χ2v) is 12.1. The standard InChI is InChI=1S/C30H26ClF3N2O2S/c1-18-10-23(13-25(31)19(18)2)29(30(32,33)34)14-26(35-39-29)21-8-9-24-22(12-21)15-38-28(24)16-36(17-28)27(37)11-20-6-4-3-5-7-20/h3-10,12-13H,11,14-17H2,1-2H3. The van der Waals surface area contributed by atoms with Gasteiger partial charge in [-0.3, -0.25) is 4.79 Å². The van der Waals surface area contributed by atoms with Crippen LogP contribution in [0.25, 0.3) is 0 Å². The number of amides is 1. The average molecular weight is 571 g/mol. The summed E-state index contributed by atoms with van der Waals surface area (Å²) in [4.78, 5) is 14.5. The van der Waals surface area contributed by atoms with Gasteiger partial charge in [0.2, 0.25) is 5.91 Å². The molecule has 3 aromatic carbocycles. The fraction of sp³-hybridized carbons (Fsp3) is 0.333. The summed E-state index contributed by atoms with van der Waals surface area (Å²) in [6, 6.07) is 18.2. The fourth-order valence-electron chi connectivity index (χ4n) is 5.63. The molecule has 1 amide bonds. The van der Waals surface area contributed by atoms with Gasteiger partial charge in [-0.15, -0.1) is 0 Å². The lowest BCUT2D eigenvalue weighted by atomic mass is 9.83. The minimum absolute atomic E-state index is 0.0489. The summed E-state index contributed by atoms with van der Waals surface area (Å²) in [5, 5.41) is 0.319. The Labute approximate surface area is 234 Å². The Morgan fingerprint density at radius 1 is 1.10 bits per heavy atom. The molecule has 0 bridgehead atoms. The molecule has 6 rings (SSSR count). The summed E-state index contributed by atoms with van der Waals surface area (Å²) >= 11 is 6.85. The third-order valence-corrected chi connectivity index (χ3v) is 9.76. The van der Waals surface area contributed by atoms with E-state index in [9.17, 15) is 18.0 Å². The quantitative estimate of drug-likeness (QED) is 0.315. The highest BCUT2D eigenvalue weighted by atomic mass is 35.5. The van der Waals surface area contributed by atoms with E-state index in [0.29, 0.717) is 59.9 Å². The van der Waals surface area contributed by atoms with E-state index in [2.05, 4.69) is 4.40 Å². The number of carbonyl (C=O) groups excluding carboxylic acids is 1. The first-order valence-corrected chi connectivity index (χ1v) is 13.8. The molecule has 0 N–H and O–H groups in total. The van der Waals surface area contributed by atoms with Gasteiger partial charge in [0.15, 0.2) is 4.75 Å². The SMILES string of the molecule is Cc1cc(C2(C(F)(F)F)CC(c3ccc4c(c3)COC43CN(C(=O)Cc4ccccc4)C3)=NS2)cc(Cl)c1C. The Bertz CT molecular complexity index is 1480. The van der Waals surface area contributed by atoms with Crippen LogP contribution < -0.4 is 0 Å². The minimum atomic E-state index is -4.53. The van der Waals surface area contributed by atoms with E-state index in [4.69, 9.17) is 16.3 Å². The number of halogens is 4. The van der Waals surface area contributed by atoms with E-state index < -0.39 is 16.5 Å². The molecule has 4 nitrogen and oxygen atoms in total. The van der Waals surface area contributed by atoms with Gasteiger partial charge < -0.3 is 9.64 Å². The maximum absolute atomic E-state index is 14.6. The van der Waals surface area contributed by atoms with Crippen molar-refractivity contribution in [3.05, 3.63) is 105 Å². The monoisotopic (exact) mass is 570 g/mol. The zero-order valence-electron chi connectivity index (χ0n) is 21.4. The van der Waals surface area contributed by atoms with Gasteiger partial charge >= 0.3 is 6.18 Å². The number of carbonyl (C=O) groups is 1. The summed E-state index contributed by atoms with van der Waals surface area (Å²) in [7, 11) is 0. The summed E-state index contributed by atoms with van der Waals surface area (Å²) in [5.74, 6) is 0.0489. The predicted molar refractivity (Wildman–Crippen MR) is 147 cm³/mol. The maximum Gasteiger partial charge on any atom is 0.409 e. The van der Waals surface area contributed by atoms with Crippen molar-refractivity contribution in [1.29, 1.82) is 0 Å². The van der Waals surface area contributed by atoms with Crippen LogP contribution in [0.1, 0.15) is 45.4 Å². The molecule has 3 aromatic rings. The Kier molecular flexibility index (Phi) is 6.36. The molecule has 1 saturated heterocycles. The number of hydrogen-bond acceptors (Lipinski definition) is 4. The van der Waals surface area contributed by atoms with Crippen LogP contribution in [-0.2, 0) is 32.9 Å². The van der Waals surface area contributed by atoms with Crippen molar-refractivity contribution >= 4 is 35.2 Å². The van der Waals surface area contributed by atoms with Crippen LogP contribution in [0.2, 0.25) is 5.02 Å². The Balaban J connectivity index is 1.20. The molecule has 9 heteroatoms. The molecule has 1 atom stereocenters. The number of benzene rings is 3. The number of ether oxygens (including phenoxy) is 1. The Morgan fingerprint density at radius 3 is 2.54 bits per heavy atom. The largest absolute Gasteiger partial charge is 0.409 e. The van der Waals surface area contributed by atoms with Crippen molar-refractivity contribution in [2.24, 2.45) is 4.40 Å². The topological polar surface area (TPSA) is 41.9 Å². The molecular formula is C30H26ClF3N2O2S. The highest BCUT2D eigenvalue weighted by molar-refractivity contribution is 7.99. The van der Waals surface area contributed by atoms with Crippen molar-refractivity contribution in [3.63, 3.8) is 0 Å². The lowest BCUT2D eigenvalue weighted by molar-refractivity contribution is -0.168. The highest BCUT2D eigenvalue weighted by Crippen LogP contribution is 2.57. The number of hydrogen-bond donors (Lipinski definition) is 0. The maximum atomic E-state index is 14.6. The van der Waals surface area contributed by atoms with Crippen molar-refractivity contribution in [2.75, 3.05) is 13.1 Å². The summed E-state index contributed by atoms with van der Waals surface area (Å²) in [5.41, 5.74) is 4.97. The molecule has 1 fully saturated rings. The third-order valence-electron chi connectivity index (χ3n) is 8.13. The smallest absolute Gasteiger partial charge is 0.362 e. The number of fused-ring (bicyclic) bond motifs is 2. The van der Waals surface area contributed by atoms with Crippen molar-refractivity contribution in [2.45, 2.75) is 49.8 Å². The zero-order valence-corrected chi connectivity index (χ0v) is 23.0. The van der Waals surface area contributed by atoms with Gasteiger partial charge in [0, 0.05) is 11.4 Å². The molecule has 3 aliphatic heterocycles. The van der Waals surface area contributed by atoms with E-state index in [-0.39, 0.29) is 17.9 Å².